The number of likely N-dealkylation sites (N-methyl/N-ethyl adjacent to an activating group) is 1. The Morgan fingerprint density at radius 2 is 1.79 bits per heavy atom. The first-order valence-electron chi connectivity index (χ1n) is 8.33. The highest BCUT2D eigenvalue weighted by molar-refractivity contribution is 7.89. The van der Waals surface area contributed by atoms with Crippen molar-refractivity contribution in [1.82, 2.24) is 4.31 Å². The average Bonchev–Trinajstić information content (AvgIpc) is 2.72. The van der Waals surface area contributed by atoms with E-state index in [1.54, 1.807) is 36.7 Å². The second-order valence-corrected chi connectivity index (χ2v) is 8.04. The zero-order chi connectivity index (χ0) is 20.1. The molecule has 0 aliphatic rings. The third-order valence-corrected chi connectivity index (χ3v) is 5.84. The molecule has 0 saturated heterocycles. The van der Waals surface area contributed by atoms with Crippen LogP contribution in [-0.2, 0) is 19.7 Å². The summed E-state index contributed by atoms with van der Waals surface area (Å²) >= 11 is 0. The largest absolute Gasteiger partial charge is 0.380 e. The van der Waals surface area contributed by atoms with Gasteiger partial charge in [0.25, 0.3) is 0 Å². The normalized spacial score (nSPS) is 12.3. The Bertz CT molecular complexity index is 1130. The number of aromatic nitrogens is 1. The van der Waals surface area contributed by atoms with Crippen LogP contribution in [0.2, 0.25) is 0 Å². The van der Waals surface area contributed by atoms with Crippen LogP contribution in [0.5, 0.6) is 0 Å². The van der Waals surface area contributed by atoms with Crippen molar-refractivity contribution >= 4 is 32.6 Å². The number of rotatable bonds is 6. The topological polar surface area (TPSA) is 116 Å². The summed E-state index contributed by atoms with van der Waals surface area (Å²) in [4.78, 5) is 19.6. The van der Waals surface area contributed by atoms with Crippen molar-refractivity contribution in [2.45, 2.75) is 4.90 Å². The van der Waals surface area contributed by atoms with Crippen molar-refractivity contribution in [1.29, 1.82) is 0 Å². The van der Waals surface area contributed by atoms with E-state index in [9.17, 15) is 13.2 Å². The van der Waals surface area contributed by atoms with Gasteiger partial charge in [-0.1, -0.05) is 35.5 Å². The molecule has 0 saturated carbocycles. The number of aromatic amines is 1. The summed E-state index contributed by atoms with van der Waals surface area (Å²) in [5.74, 6) is -0.848. The number of fused-ring (bicyclic) bond motifs is 1. The molecule has 0 spiro atoms. The number of nitrogens with one attached hydrogen (secondary N) is 1. The van der Waals surface area contributed by atoms with Gasteiger partial charge in [0, 0.05) is 24.7 Å². The summed E-state index contributed by atoms with van der Waals surface area (Å²) in [5.41, 5.74) is 6.29. The number of hydrogen-bond acceptors (Lipinski definition) is 5. The Labute approximate surface area is 162 Å². The van der Waals surface area contributed by atoms with E-state index < -0.39 is 22.5 Å². The van der Waals surface area contributed by atoms with Gasteiger partial charge in [0.05, 0.1) is 4.90 Å². The zero-order valence-electron chi connectivity index (χ0n) is 15.1. The van der Waals surface area contributed by atoms with E-state index in [1.807, 2.05) is 24.3 Å². The first-order valence-corrected chi connectivity index (χ1v) is 9.77. The second-order valence-electron chi connectivity index (χ2n) is 6.00. The minimum Gasteiger partial charge on any atom is -0.380 e. The van der Waals surface area contributed by atoms with Crippen LogP contribution in [-0.4, -0.2) is 38.1 Å². The lowest BCUT2D eigenvalue weighted by molar-refractivity contribution is -0.378. The Morgan fingerprint density at radius 1 is 1.11 bits per heavy atom. The maximum Gasteiger partial charge on any atom is 0.350 e. The molecular formula is C19H19N4O4S+. The van der Waals surface area contributed by atoms with Gasteiger partial charge in [0.2, 0.25) is 10.0 Å². The fraction of sp³-hybridized carbons (Fsp3) is 0.105. The average molecular weight is 399 g/mol. The molecule has 0 bridgehead atoms. The van der Waals surface area contributed by atoms with Crippen molar-refractivity contribution in [3.63, 3.8) is 0 Å². The minimum absolute atomic E-state index is 0.00221. The number of sulfonamides is 1. The number of nitrogens with two attached hydrogens (primary N) is 1. The molecule has 0 aliphatic carbocycles. The van der Waals surface area contributed by atoms with E-state index in [1.165, 1.54) is 13.1 Å². The van der Waals surface area contributed by atoms with Crippen LogP contribution < -0.4 is 10.7 Å². The number of nitrogens with zero attached hydrogens (tertiary/aromatic N) is 2. The second kappa shape index (κ2) is 8.15. The standard InChI is InChI=1S/C19H18N4O4S/c1-23(13-18(24)27-22-19(20)15-8-10-21-11-9-15)28(25,26)17-7-6-14-4-2-3-5-16(14)12-17/h2-12H,13H2,1H3,(H2,20,22)/p+1. The maximum atomic E-state index is 12.7. The first-order chi connectivity index (χ1) is 13.4. The number of benzene rings is 2. The van der Waals surface area contributed by atoms with Crippen molar-refractivity contribution in [3.8, 4) is 0 Å². The van der Waals surface area contributed by atoms with Crippen molar-refractivity contribution in [2.75, 3.05) is 13.6 Å². The van der Waals surface area contributed by atoms with Crippen molar-refractivity contribution < 1.29 is 23.0 Å². The predicted octanol–water partition coefficient (Wildman–Crippen LogP) is 1.14. The molecule has 9 heteroatoms. The number of carbonyl (C=O) groups excluding carboxylic acids is 1. The van der Waals surface area contributed by atoms with Crippen LogP contribution in [0.3, 0.4) is 0 Å². The van der Waals surface area contributed by atoms with E-state index in [0.29, 0.717) is 5.56 Å². The third-order valence-electron chi connectivity index (χ3n) is 4.04. The van der Waals surface area contributed by atoms with Gasteiger partial charge in [0.1, 0.15) is 6.54 Å². The lowest BCUT2D eigenvalue weighted by Crippen LogP contribution is -2.33. The molecule has 0 atom stereocenters. The van der Waals surface area contributed by atoms with Gasteiger partial charge in [-0.05, 0) is 22.9 Å². The molecule has 0 unspecified atom stereocenters. The summed E-state index contributed by atoms with van der Waals surface area (Å²) in [6.45, 7) is -0.505. The van der Waals surface area contributed by atoms with E-state index in [0.717, 1.165) is 15.1 Å². The summed E-state index contributed by atoms with van der Waals surface area (Å²) in [5, 5.41) is 5.26. The van der Waals surface area contributed by atoms with Gasteiger partial charge in [-0.15, -0.1) is 0 Å². The number of pyridine rings is 1. The molecule has 3 rings (SSSR count). The Morgan fingerprint density at radius 3 is 2.50 bits per heavy atom. The summed E-state index contributed by atoms with van der Waals surface area (Å²) in [7, 11) is -2.57. The van der Waals surface area contributed by atoms with Crippen LogP contribution >= 0.6 is 0 Å². The maximum absolute atomic E-state index is 12.7. The van der Waals surface area contributed by atoms with Gasteiger partial charge in [0.15, 0.2) is 18.2 Å². The highest BCUT2D eigenvalue weighted by atomic mass is 32.2. The monoisotopic (exact) mass is 399 g/mol. The molecule has 0 amide bonds. The molecule has 144 valence electrons. The molecule has 2 aromatic carbocycles. The van der Waals surface area contributed by atoms with Crippen LogP contribution in [0.15, 0.2) is 77.0 Å². The van der Waals surface area contributed by atoms with Gasteiger partial charge in [-0.3, -0.25) is 0 Å². The fourth-order valence-corrected chi connectivity index (χ4v) is 3.67. The first kappa shape index (κ1) is 19.5. The Kier molecular flexibility index (Phi) is 5.67. The Hall–Kier alpha value is -3.30. The lowest BCUT2D eigenvalue weighted by atomic mass is 10.1. The molecule has 1 heterocycles. The van der Waals surface area contributed by atoms with Crippen molar-refractivity contribution in [2.24, 2.45) is 10.9 Å². The third kappa shape index (κ3) is 4.33. The fourth-order valence-electron chi connectivity index (χ4n) is 2.51. The molecule has 3 aromatic rings. The molecular weight excluding hydrogens is 380 g/mol. The molecule has 0 radical (unpaired) electrons. The van der Waals surface area contributed by atoms with Crippen molar-refractivity contribution in [3.05, 3.63) is 72.6 Å². The van der Waals surface area contributed by atoms with Gasteiger partial charge >= 0.3 is 5.97 Å². The SMILES string of the molecule is CN(CC(=O)O/N=C(\N)c1cc[nH+]cc1)S(=O)(=O)c1ccc2ccccc2c1. The number of hydrogen-bond donors (Lipinski definition) is 1. The van der Waals surface area contributed by atoms with Crippen LogP contribution in [0.1, 0.15) is 5.56 Å². The molecule has 0 fully saturated rings. The van der Waals surface area contributed by atoms with Crippen LogP contribution in [0.4, 0.5) is 0 Å². The molecule has 1 aromatic heterocycles. The number of H-pyrrole nitrogens is 1. The quantitative estimate of drug-likeness (QED) is 0.289. The number of carbonyl (C=O) groups is 1. The van der Waals surface area contributed by atoms with Gasteiger partial charge in [-0.2, -0.15) is 4.31 Å². The minimum atomic E-state index is -3.87. The van der Waals surface area contributed by atoms with E-state index in [4.69, 9.17) is 10.6 Å². The van der Waals surface area contributed by atoms with Crippen LogP contribution in [0, 0.1) is 0 Å². The van der Waals surface area contributed by atoms with Gasteiger partial charge < -0.3 is 10.6 Å². The smallest absolute Gasteiger partial charge is 0.350 e. The summed E-state index contributed by atoms with van der Waals surface area (Å²) in [6.07, 6.45) is 3.28. The summed E-state index contributed by atoms with van der Waals surface area (Å²) in [6, 6.07) is 15.5. The molecule has 3 N–H and O–H groups in total. The van der Waals surface area contributed by atoms with E-state index >= 15 is 0 Å². The highest BCUT2D eigenvalue weighted by Crippen LogP contribution is 2.21. The van der Waals surface area contributed by atoms with E-state index in [2.05, 4.69) is 10.1 Å². The summed E-state index contributed by atoms with van der Waals surface area (Å²) < 4.78 is 26.4. The number of oxime groups is 1. The van der Waals surface area contributed by atoms with E-state index in [-0.39, 0.29) is 10.7 Å². The Balaban J connectivity index is 1.70. The van der Waals surface area contributed by atoms with Gasteiger partial charge in [-0.25, -0.2) is 18.2 Å². The molecule has 28 heavy (non-hydrogen) atoms. The molecule has 8 nitrogen and oxygen atoms in total. The molecule has 0 aliphatic heterocycles. The predicted molar refractivity (Wildman–Crippen MR) is 104 cm³/mol. The number of amidine groups is 1. The van der Waals surface area contributed by atoms with Crippen LogP contribution in [0.25, 0.3) is 10.8 Å². The zero-order valence-corrected chi connectivity index (χ0v) is 15.9. The lowest BCUT2D eigenvalue weighted by Gasteiger charge is -2.16. The highest BCUT2D eigenvalue weighted by Gasteiger charge is 2.24.